The molecule has 0 aliphatic rings. The van der Waals surface area contributed by atoms with E-state index < -0.39 is 16.1 Å². The molecule has 1 heterocycles. The molecule has 10 heteroatoms. The van der Waals surface area contributed by atoms with Gasteiger partial charge in [-0.1, -0.05) is 29.8 Å². The van der Waals surface area contributed by atoms with Gasteiger partial charge < -0.3 is 15.8 Å². The number of sulfonamides is 1. The second-order valence-corrected chi connectivity index (χ2v) is 9.16. The van der Waals surface area contributed by atoms with Crippen molar-refractivity contribution in [1.29, 1.82) is 5.41 Å². The molecule has 30 heavy (non-hydrogen) atoms. The van der Waals surface area contributed by atoms with Crippen LogP contribution in [0.1, 0.15) is 22.8 Å². The lowest BCUT2D eigenvalue weighted by molar-refractivity contribution is 0.220. The van der Waals surface area contributed by atoms with Gasteiger partial charge >= 0.3 is 0 Å². The maximum atomic E-state index is 12.5. The molecule has 156 valence electrons. The molecule has 3 rings (SSSR count). The molecule has 0 fully saturated rings. The summed E-state index contributed by atoms with van der Waals surface area (Å²) in [5, 5.41) is 23.7. The van der Waals surface area contributed by atoms with Gasteiger partial charge in [-0.25, -0.2) is 13.4 Å². The van der Waals surface area contributed by atoms with Crippen molar-refractivity contribution in [1.82, 2.24) is 10.3 Å². The van der Waals surface area contributed by atoms with Crippen molar-refractivity contribution in [3.63, 3.8) is 0 Å². The summed E-state index contributed by atoms with van der Waals surface area (Å²) in [7, 11) is -2.06. The third-order valence-electron chi connectivity index (χ3n) is 4.28. The van der Waals surface area contributed by atoms with Crippen LogP contribution in [0, 0.1) is 5.41 Å². The van der Waals surface area contributed by atoms with Crippen LogP contribution in [0.2, 0.25) is 5.02 Å². The van der Waals surface area contributed by atoms with Crippen molar-refractivity contribution in [3.8, 4) is 0 Å². The van der Waals surface area contributed by atoms with Crippen molar-refractivity contribution in [2.24, 2.45) is 0 Å². The van der Waals surface area contributed by atoms with E-state index in [1.807, 2.05) is 0 Å². The smallest absolute Gasteiger partial charge is 0.263 e. The quantitative estimate of drug-likeness (QED) is 0.379. The minimum Gasteiger partial charge on any atom is -0.388 e. The van der Waals surface area contributed by atoms with Crippen LogP contribution in [0.25, 0.3) is 5.70 Å². The second kappa shape index (κ2) is 9.40. The number of aliphatic hydroxyl groups excluding tert-OH is 1. The van der Waals surface area contributed by atoms with Crippen LogP contribution >= 0.6 is 22.9 Å². The van der Waals surface area contributed by atoms with Gasteiger partial charge in [0.1, 0.15) is 6.10 Å². The Morgan fingerprint density at radius 1 is 1.27 bits per heavy atom. The van der Waals surface area contributed by atoms with Crippen LogP contribution in [-0.2, 0) is 10.0 Å². The fraction of sp³-hybridized carbons (Fsp3) is 0.100. The summed E-state index contributed by atoms with van der Waals surface area (Å²) >= 11 is 7.31. The first kappa shape index (κ1) is 22.0. The molecule has 4 N–H and O–H groups in total. The Morgan fingerprint density at radius 3 is 2.60 bits per heavy atom. The standard InChI is InChI=1S/C20H19ClN4O3S2/c1-23-18(8-9-22)17-12-14(21)4-7-16(17)19(26)13-2-5-15(6-3-13)30(27,28)25-20-24-10-11-29-20/h2-12,19,22-23,26H,1H3,(H,24,25)/b18-8-,22-9?. The normalized spacial score (nSPS) is 13.0. The average molecular weight is 463 g/mol. The van der Waals surface area contributed by atoms with Crippen molar-refractivity contribution < 1.29 is 13.5 Å². The number of nitrogens with one attached hydrogen (secondary N) is 3. The van der Waals surface area contributed by atoms with Crippen LogP contribution in [0.15, 0.2) is 65.0 Å². The molecule has 0 spiro atoms. The summed E-state index contributed by atoms with van der Waals surface area (Å²) in [6.07, 6.45) is 3.18. The van der Waals surface area contributed by atoms with E-state index in [0.29, 0.717) is 27.4 Å². The molecule has 0 aliphatic heterocycles. The van der Waals surface area contributed by atoms with E-state index >= 15 is 0 Å². The van der Waals surface area contributed by atoms with Crippen LogP contribution < -0.4 is 10.0 Å². The molecule has 7 nitrogen and oxygen atoms in total. The molecule has 0 saturated carbocycles. The number of hydrogen-bond donors (Lipinski definition) is 4. The number of aliphatic hydroxyl groups is 1. The monoisotopic (exact) mass is 462 g/mol. The summed E-state index contributed by atoms with van der Waals surface area (Å²) in [6, 6.07) is 11.0. The maximum Gasteiger partial charge on any atom is 0.263 e. The topological polar surface area (TPSA) is 115 Å². The fourth-order valence-electron chi connectivity index (χ4n) is 2.85. The van der Waals surface area contributed by atoms with Gasteiger partial charge in [0, 0.05) is 41.1 Å². The lowest BCUT2D eigenvalue weighted by Crippen LogP contribution is -2.13. The number of rotatable bonds is 8. The maximum absolute atomic E-state index is 12.5. The van der Waals surface area contributed by atoms with Crippen LogP contribution in [0.3, 0.4) is 0 Å². The Hall–Kier alpha value is -2.72. The highest BCUT2D eigenvalue weighted by atomic mass is 35.5. The van der Waals surface area contributed by atoms with Crippen LogP contribution in [0.5, 0.6) is 0 Å². The Bertz CT molecular complexity index is 1160. The predicted molar refractivity (Wildman–Crippen MR) is 121 cm³/mol. The first-order valence-corrected chi connectivity index (χ1v) is 11.5. The number of hydrogen-bond acceptors (Lipinski definition) is 7. The highest BCUT2D eigenvalue weighted by Gasteiger charge is 2.20. The first-order valence-electron chi connectivity index (χ1n) is 8.74. The lowest BCUT2D eigenvalue weighted by Gasteiger charge is -2.18. The van der Waals surface area contributed by atoms with E-state index in [2.05, 4.69) is 15.0 Å². The summed E-state index contributed by atoms with van der Waals surface area (Å²) in [6.45, 7) is 0. The van der Waals surface area contributed by atoms with Gasteiger partial charge in [0.25, 0.3) is 10.0 Å². The van der Waals surface area contributed by atoms with Crippen molar-refractivity contribution >= 4 is 50.0 Å². The number of allylic oxidation sites excluding steroid dienone is 1. The Balaban J connectivity index is 1.92. The van der Waals surface area contributed by atoms with Crippen molar-refractivity contribution in [2.75, 3.05) is 11.8 Å². The molecule has 1 atom stereocenters. The molecular weight excluding hydrogens is 444 g/mol. The van der Waals surface area contributed by atoms with Gasteiger partial charge in [-0.3, -0.25) is 4.72 Å². The van der Waals surface area contributed by atoms with E-state index in [-0.39, 0.29) is 10.0 Å². The van der Waals surface area contributed by atoms with E-state index in [4.69, 9.17) is 17.0 Å². The average Bonchev–Trinajstić information content (AvgIpc) is 3.24. The number of aromatic nitrogens is 1. The van der Waals surface area contributed by atoms with Crippen molar-refractivity contribution in [2.45, 2.75) is 11.0 Å². The van der Waals surface area contributed by atoms with Crippen LogP contribution in [0.4, 0.5) is 5.13 Å². The summed E-state index contributed by atoms with van der Waals surface area (Å²) in [4.78, 5) is 3.98. The van der Waals surface area contributed by atoms with Gasteiger partial charge in [-0.2, -0.15) is 0 Å². The summed E-state index contributed by atoms with van der Waals surface area (Å²) < 4.78 is 27.4. The zero-order chi connectivity index (χ0) is 21.7. The van der Waals surface area contributed by atoms with E-state index in [0.717, 1.165) is 6.21 Å². The zero-order valence-corrected chi connectivity index (χ0v) is 18.2. The minimum absolute atomic E-state index is 0.0598. The summed E-state index contributed by atoms with van der Waals surface area (Å²) in [5.74, 6) is 0. The molecule has 1 aromatic heterocycles. The second-order valence-electron chi connectivity index (χ2n) is 6.14. The predicted octanol–water partition coefficient (Wildman–Crippen LogP) is 3.89. The number of anilines is 1. The lowest BCUT2D eigenvalue weighted by atomic mass is 9.95. The Labute approximate surface area is 183 Å². The Morgan fingerprint density at radius 2 is 2.00 bits per heavy atom. The minimum atomic E-state index is -3.77. The Kier molecular flexibility index (Phi) is 6.88. The molecule has 3 aromatic rings. The molecule has 0 bridgehead atoms. The van der Waals surface area contributed by atoms with E-state index in [1.54, 1.807) is 48.8 Å². The third-order valence-corrected chi connectivity index (χ3v) is 6.69. The highest BCUT2D eigenvalue weighted by molar-refractivity contribution is 7.93. The van der Waals surface area contributed by atoms with Gasteiger partial charge in [0.2, 0.25) is 0 Å². The van der Waals surface area contributed by atoms with Gasteiger partial charge in [-0.15, -0.1) is 11.3 Å². The molecule has 0 amide bonds. The number of halogens is 1. The van der Waals surface area contributed by atoms with Crippen molar-refractivity contribution in [3.05, 3.63) is 81.8 Å². The van der Waals surface area contributed by atoms with Crippen LogP contribution in [-0.4, -0.2) is 31.8 Å². The first-order chi connectivity index (χ1) is 14.4. The molecule has 0 radical (unpaired) electrons. The third kappa shape index (κ3) is 4.88. The molecule has 1 unspecified atom stereocenters. The van der Waals surface area contributed by atoms with Gasteiger partial charge in [0.15, 0.2) is 5.13 Å². The summed E-state index contributed by atoms with van der Waals surface area (Å²) in [5.41, 5.74) is 2.34. The number of benzene rings is 2. The number of nitrogens with zero attached hydrogens (tertiary/aromatic N) is 1. The molecular formula is C20H19ClN4O3S2. The molecule has 0 aliphatic carbocycles. The number of thiazole rings is 1. The SMILES string of the molecule is CN/C(=C\C=N)c1cc(Cl)ccc1C(O)c1ccc(S(=O)(=O)Nc2nccs2)cc1. The molecule has 0 saturated heterocycles. The fourth-order valence-corrected chi connectivity index (χ4v) is 4.81. The zero-order valence-electron chi connectivity index (χ0n) is 15.8. The molecule has 2 aromatic carbocycles. The largest absolute Gasteiger partial charge is 0.388 e. The van der Waals surface area contributed by atoms with E-state index in [9.17, 15) is 13.5 Å². The highest BCUT2D eigenvalue weighted by Crippen LogP contribution is 2.31. The van der Waals surface area contributed by atoms with E-state index in [1.165, 1.54) is 29.7 Å². The van der Waals surface area contributed by atoms with Gasteiger partial charge in [-0.05, 0) is 41.5 Å². The van der Waals surface area contributed by atoms with Gasteiger partial charge in [0.05, 0.1) is 4.90 Å².